The van der Waals surface area contributed by atoms with Gasteiger partial charge in [-0.1, -0.05) is 36.4 Å². The van der Waals surface area contributed by atoms with Crippen molar-refractivity contribution in [2.24, 2.45) is 5.10 Å². The number of furan rings is 1. The monoisotopic (exact) mass is 460 g/mol. The number of rotatable bonds is 4. The Balaban J connectivity index is 1.66. The van der Waals surface area contributed by atoms with Crippen LogP contribution in [0, 0.1) is 0 Å². The molecule has 0 spiro atoms. The van der Waals surface area contributed by atoms with Crippen LogP contribution in [0.4, 0.5) is 11.4 Å². The molecule has 4 aromatic rings. The molecule has 1 heterocycles. The molecule has 0 radical (unpaired) electrons. The number of halogens is 1. The van der Waals surface area contributed by atoms with Crippen molar-refractivity contribution in [2.75, 3.05) is 5.01 Å². The Labute approximate surface area is 183 Å². The van der Waals surface area contributed by atoms with Gasteiger partial charge in [-0.25, -0.2) is 5.01 Å². The van der Waals surface area contributed by atoms with Crippen molar-refractivity contribution in [2.45, 2.75) is 25.7 Å². The average Bonchev–Trinajstić information content (AvgIpc) is 3.15. The van der Waals surface area contributed by atoms with Crippen molar-refractivity contribution < 1.29 is 9.52 Å². The summed E-state index contributed by atoms with van der Waals surface area (Å²) in [6.07, 6.45) is 5.92. The molecule has 0 saturated carbocycles. The number of aryl methyl sites for hydroxylation is 2. The number of aromatic hydroxyl groups is 1. The Kier molecular flexibility index (Phi) is 5.05. The molecule has 1 aromatic heterocycles. The summed E-state index contributed by atoms with van der Waals surface area (Å²) in [6.45, 7) is 0. The minimum atomic E-state index is 0.182. The number of fused-ring (bicyclic) bond motifs is 3. The van der Waals surface area contributed by atoms with Crippen LogP contribution in [0.2, 0.25) is 0 Å². The Bertz CT molecular complexity index is 1180. The maximum absolute atomic E-state index is 10.9. The normalized spacial score (nSPS) is 13.6. The standard InChI is InChI=1S/C25H21BrN2O2/c26-21-15-23-24(19-13-7-8-14-22(19)30-23)20(25(21)29)16-27-28(17-9-3-1-4-10-17)18-11-5-2-6-12-18/h1-6,9-12,15-16,29H,7-8,13-14H2. The van der Waals surface area contributed by atoms with E-state index in [9.17, 15) is 5.11 Å². The average molecular weight is 461 g/mol. The lowest BCUT2D eigenvalue weighted by Gasteiger charge is -2.19. The number of nitrogens with zero attached hydrogens (tertiary/aromatic N) is 2. The number of phenolic OH excluding ortho intramolecular Hbond substituents is 1. The zero-order chi connectivity index (χ0) is 20.5. The molecule has 3 aromatic carbocycles. The van der Waals surface area contributed by atoms with E-state index in [1.165, 1.54) is 5.56 Å². The van der Waals surface area contributed by atoms with Crippen LogP contribution in [-0.4, -0.2) is 11.3 Å². The summed E-state index contributed by atoms with van der Waals surface area (Å²) in [5.74, 6) is 1.22. The van der Waals surface area contributed by atoms with Crippen molar-refractivity contribution in [3.05, 3.63) is 88.1 Å². The summed E-state index contributed by atoms with van der Waals surface area (Å²) in [6, 6.07) is 21.8. The minimum absolute atomic E-state index is 0.182. The number of phenols is 1. The number of anilines is 2. The molecular weight excluding hydrogens is 440 g/mol. The number of hydrogen-bond acceptors (Lipinski definition) is 4. The number of benzene rings is 3. The van der Waals surface area contributed by atoms with Crippen LogP contribution in [0.5, 0.6) is 5.75 Å². The third-order valence-electron chi connectivity index (χ3n) is 5.51. The first-order valence-corrected chi connectivity index (χ1v) is 10.9. The van der Waals surface area contributed by atoms with Gasteiger partial charge in [0, 0.05) is 22.9 Å². The highest BCUT2D eigenvalue weighted by atomic mass is 79.9. The molecule has 30 heavy (non-hydrogen) atoms. The fourth-order valence-electron chi connectivity index (χ4n) is 4.08. The zero-order valence-corrected chi connectivity index (χ0v) is 18.0. The van der Waals surface area contributed by atoms with Crippen molar-refractivity contribution >= 4 is 44.5 Å². The molecule has 1 aliphatic carbocycles. The first-order valence-electron chi connectivity index (χ1n) is 10.1. The van der Waals surface area contributed by atoms with Crippen LogP contribution in [0.3, 0.4) is 0 Å². The molecular formula is C25H21BrN2O2. The van der Waals surface area contributed by atoms with E-state index in [-0.39, 0.29) is 5.75 Å². The lowest BCUT2D eigenvalue weighted by Crippen LogP contribution is -2.09. The molecule has 0 atom stereocenters. The SMILES string of the molecule is Oc1c(Br)cc2oc3c(c2c1C=NN(c1ccccc1)c1ccccc1)CCCC3. The van der Waals surface area contributed by atoms with E-state index in [2.05, 4.69) is 15.9 Å². The summed E-state index contributed by atoms with van der Waals surface area (Å²) in [5, 5.41) is 18.5. The molecule has 0 saturated heterocycles. The van der Waals surface area contributed by atoms with Gasteiger partial charge >= 0.3 is 0 Å². The summed E-state index contributed by atoms with van der Waals surface area (Å²) in [4.78, 5) is 0. The zero-order valence-electron chi connectivity index (χ0n) is 16.4. The Morgan fingerprint density at radius 1 is 0.933 bits per heavy atom. The van der Waals surface area contributed by atoms with Gasteiger partial charge in [0.05, 0.1) is 22.1 Å². The molecule has 1 aliphatic rings. The predicted octanol–water partition coefficient (Wildman–Crippen LogP) is 6.95. The molecule has 5 heteroatoms. The topological polar surface area (TPSA) is 49.0 Å². The van der Waals surface area contributed by atoms with E-state index in [0.717, 1.165) is 53.8 Å². The number of hydrazone groups is 1. The van der Waals surface area contributed by atoms with Gasteiger partial charge in [0.1, 0.15) is 17.1 Å². The second kappa shape index (κ2) is 8.00. The van der Waals surface area contributed by atoms with Crippen LogP contribution in [-0.2, 0) is 12.8 Å². The van der Waals surface area contributed by atoms with Crippen molar-refractivity contribution in [1.29, 1.82) is 0 Å². The quantitative estimate of drug-likeness (QED) is 0.264. The molecule has 4 nitrogen and oxygen atoms in total. The molecule has 0 bridgehead atoms. The summed E-state index contributed by atoms with van der Waals surface area (Å²) in [7, 11) is 0. The minimum Gasteiger partial charge on any atom is -0.506 e. The van der Waals surface area contributed by atoms with E-state index >= 15 is 0 Å². The molecule has 150 valence electrons. The van der Waals surface area contributed by atoms with Crippen LogP contribution >= 0.6 is 15.9 Å². The second-order valence-corrected chi connectivity index (χ2v) is 8.29. The summed E-state index contributed by atoms with van der Waals surface area (Å²) < 4.78 is 6.73. The fourth-order valence-corrected chi connectivity index (χ4v) is 4.50. The van der Waals surface area contributed by atoms with Crippen LogP contribution in [0.25, 0.3) is 11.0 Å². The molecule has 0 fully saturated rings. The fraction of sp³-hybridized carbons (Fsp3) is 0.160. The largest absolute Gasteiger partial charge is 0.506 e. The summed E-state index contributed by atoms with van der Waals surface area (Å²) >= 11 is 3.47. The van der Waals surface area contributed by atoms with E-state index in [0.29, 0.717) is 10.0 Å². The molecule has 0 amide bonds. The highest BCUT2D eigenvalue weighted by Crippen LogP contribution is 2.40. The van der Waals surface area contributed by atoms with Gasteiger partial charge in [-0.05, 0) is 65.5 Å². The van der Waals surface area contributed by atoms with Crippen LogP contribution in [0.1, 0.15) is 29.7 Å². The van der Waals surface area contributed by atoms with Gasteiger partial charge in [0.15, 0.2) is 0 Å². The lowest BCUT2D eigenvalue weighted by atomic mass is 9.94. The molecule has 0 unspecified atom stereocenters. The molecule has 1 N–H and O–H groups in total. The predicted molar refractivity (Wildman–Crippen MR) is 125 cm³/mol. The van der Waals surface area contributed by atoms with E-state index in [4.69, 9.17) is 9.52 Å². The Morgan fingerprint density at radius 2 is 1.57 bits per heavy atom. The smallest absolute Gasteiger partial charge is 0.139 e. The van der Waals surface area contributed by atoms with Gasteiger partial charge in [-0.2, -0.15) is 5.10 Å². The lowest BCUT2D eigenvalue weighted by molar-refractivity contribution is 0.471. The highest BCUT2D eigenvalue weighted by molar-refractivity contribution is 9.10. The number of para-hydroxylation sites is 2. The maximum Gasteiger partial charge on any atom is 0.139 e. The van der Waals surface area contributed by atoms with E-state index in [1.807, 2.05) is 71.7 Å². The molecule has 0 aliphatic heterocycles. The van der Waals surface area contributed by atoms with Gasteiger partial charge in [-0.15, -0.1) is 0 Å². The Hall–Kier alpha value is -3.05. The summed E-state index contributed by atoms with van der Waals surface area (Å²) in [5.41, 5.74) is 4.56. The van der Waals surface area contributed by atoms with E-state index in [1.54, 1.807) is 6.21 Å². The van der Waals surface area contributed by atoms with Crippen molar-refractivity contribution in [3.8, 4) is 5.75 Å². The highest BCUT2D eigenvalue weighted by Gasteiger charge is 2.23. The third-order valence-corrected chi connectivity index (χ3v) is 6.12. The van der Waals surface area contributed by atoms with Gasteiger partial charge in [-0.3, -0.25) is 0 Å². The van der Waals surface area contributed by atoms with Crippen LogP contribution in [0.15, 0.2) is 80.7 Å². The van der Waals surface area contributed by atoms with Gasteiger partial charge < -0.3 is 9.52 Å². The van der Waals surface area contributed by atoms with E-state index < -0.39 is 0 Å². The first kappa shape index (κ1) is 18.9. The van der Waals surface area contributed by atoms with Gasteiger partial charge in [0.2, 0.25) is 0 Å². The third kappa shape index (κ3) is 3.39. The molecule has 5 rings (SSSR count). The van der Waals surface area contributed by atoms with Crippen molar-refractivity contribution in [3.63, 3.8) is 0 Å². The Morgan fingerprint density at radius 3 is 2.23 bits per heavy atom. The number of hydrogen-bond donors (Lipinski definition) is 1. The maximum atomic E-state index is 10.9. The van der Waals surface area contributed by atoms with Crippen LogP contribution < -0.4 is 5.01 Å². The van der Waals surface area contributed by atoms with Gasteiger partial charge in [0.25, 0.3) is 0 Å². The van der Waals surface area contributed by atoms with Crippen molar-refractivity contribution in [1.82, 2.24) is 0 Å². The first-order chi connectivity index (χ1) is 14.7. The second-order valence-electron chi connectivity index (χ2n) is 7.43.